The Hall–Kier alpha value is -2.43. The molecule has 0 unspecified atom stereocenters. The fourth-order valence-electron chi connectivity index (χ4n) is 2.63. The van der Waals surface area contributed by atoms with Crippen molar-refractivity contribution in [3.63, 3.8) is 0 Å². The number of ether oxygens (including phenoxy) is 2. The fourth-order valence-corrected chi connectivity index (χ4v) is 3.03. The SMILES string of the molecule is COc1cc(CNc2ccc(C)c(Cl)c2)c(Cl)cc1OCc1ccc(F)cc1. The summed E-state index contributed by atoms with van der Waals surface area (Å²) in [6, 6.07) is 15.5. The molecule has 6 heteroatoms. The van der Waals surface area contributed by atoms with Crippen LogP contribution in [-0.2, 0) is 13.2 Å². The fraction of sp³-hybridized carbons (Fsp3) is 0.182. The van der Waals surface area contributed by atoms with E-state index in [0.717, 1.165) is 22.4 Å². The van der Waals surface area contributed by atoms with Gasteiger partial charge in [-0.1, -0.05) is 41.4 Å². The minimum atomic E-state index is -0.281. The molecule has 0 aliphatic rings. The first-order valence-corrected chi connectivity index (χ1v) is 9.45. The second-order valence-electron chi connectivity index (χ2n) is 6.33. The molecule has 0 aliphatic carbocycles. The Labute approximate surface area is 174 Å². The number of rotatable bonds is 7. The van der Waals surface area contributed by atoms with Gasteiger partial charge in [0.1, 0.15) is 12.4 Å². The van der Waals surface area contributed by atoms with Crippen LogP contribution in [0.3, 0.4) is 0 Å². The number of halogens is 3. The lowest BCUT2D eigenvalue weighted by atomic mass is 10.1. The van der Waals surface area contributed by atoms with Crippen molar-refractivity contribution in [2.75, 3.05) is 12.4 Å². The minimum absolute atomic E-state index is 0.281. The van der Waals surface area contributed by atoms with Crippen molar-refractivity contribution in [3.05, 3.63) is 87.2 Å². The van der Waals surface area contributed by atoms with Crippen LogP contribution in [0.4, 0.5) is 10.1 Å². The standard InChI is InChI=1S/C22H20Cl2FNO2/c1-14-3-8-18(10-19(14)23)26-12-16-9-21(27-2)22(11-20(16)24)28-13-15-4-6-17(25)7-5-15/h3-11,26H,12-13H2,1-2H3. The zero-order valence-electron chi connectivity index (χ0n) is 15.6. The van der Waals surface area contributed by atoms with E-state index >= 15 is 0 Å². The summed E-state index contributed by atoms with van der Waals surface area (Å²) in [5.41, 5.74) is 3.64. The predicted molar refractivity (Wildman–Crippen MR) is 112 cm³/mol. The number of hydrogen-bond donors (Lipinski definition) is 1. The largest absolute Gasteiger partial charge is 0.493 e. The van der Waals surface area contributed by atoms with Gasteiger partial charge in [-0.3, -0.25) is 0 Å². The van der Waals surface area contributed by atoms with Crippen LogP contribution >= 0.6 is 23.2 Å². The molecule has 0 atom stereocenters. The average Bonchev–Trinajstić information content (AvgIpc) is 2.69. The van der Waals surface area contributed by atoms with Crippen molar-refractivity contribution in [3.8, 4) is 11.5 Å². The molecule has 3 aromatic rings. The second-order valence-corrected chi connectivity index (χ2v) is 7.14. The van der Waals surface area contributed by atoms with Gasteiger partial charge >= 0.3 is 0 Å². The molecule has 0 aromatic heterocycles. The lowest BCUT2D eigenvalue weighted by Crippen LogP contribution is -2.03. The van der Waals surface area contributed by atoms with Crippen LogP contribution < -0.4 is 14.8 Å². The molecule has 28 heavy (non-hydrogen) atoms. The molecule has 0 fully saturated rings. The maximum atomic E-state index is 13.0. The number of benzene rings is 3. The smallest absolute Gasteiger partial charge is 0.163 e. The first-order chi connectivity index (χ1) is 13.5. The Balaban J connectivity index is 1.71. The Morgan fingerprint density at radius 2 is 1.68 bits per heavy atom. The quantitative estimate of drug-likeness (QED) is 0.465. The van der Waals surface area contributed by atoms with E-state index in [0.29, 0.717) is 28.1 Å². The van der Waals surface area contributed by atoms with Crippen molar-refractivity contribution in [2.45, 2.75) is 20.1 Å². The Morgan fingerprint density at radius 3 is 2.36 bits per heavy atom. The van der Waals surface area contributed by atoms with Crippen molar-refractivity contribution < 1.29 is 13.9 Å². The number of nitrogens with one attached hydrogen (secondary N) is 1. The Morgan fingerprint density at radius 1 is 0.929 bits per heavy atom. The molecular weight excluding hydrogens is 400 g/mol. The highest BCUT2D eigenvalue weighted by Gasteiger charge is 2.11. The van der Waals surface area contributed by atoms with E-state index in [1.165, 1.54) is 12.1 Å². The maximum Gasteiger partial charge on any atom is 0.163 e. The number of hydrogen-bond acceptors (Lipinski definition) is 3. The van der Waals surface area contributed by atoms with E-state index in [1.807, 2.05) is 31.2 Å². The van der Waals surface area contributed by atoms with Crippen molar-refractivity contribution >= 4 is 28.9 Å². The van der Waals surface area contributed by atoms with Gasteiger partial charge in [0.25, 0.3) is 0 Å². The van der Waals surface area contributed by atoms with Gasteiger partial charge in [0.2, 0.25) is 0 Å². The first-order valence-electron chi connectivity index (χ1n) is 8.70. The van der Waals surface area contributed by atoms with E-state index in [1.54, 1.807) is 25.3 Å². The molecule has 0 amide bonds. The highest BCUT2D eigenvalue weighted by atomic mass is 35.5. The van der Waals surface area contributed by atoms with Crippen LogP contribution in [0.15, 0.2) is 54.6 Å². The van der Waals surface area contributed by atoms with Gasteiger partial charge in [-0.2, -0.15) is 0 Å². The van der Waals surface area contributed by atoms with Gasteiger partial charge in [0.05, 0.1) is 7.11 Å². The molecule has 0 saturated carbocycles. The van der Waals surface area contributed by atoms with Crippen LogP contribution in [0.1, 0.15) is 16.7 Å². The molecule has 3 nitrogen and oxygen atoms in total. The Kier molecular flexibility index (Phi) is 6.65. The van der Waals surface area contributed by atoms with Crippen LogP contribution in [-0.4, -0.2) is 7.11 Å². The summed E-state index contributed by atoms with van der Waals surface area (Å²) in [5.74, 6) is 0.820. The predicted octanol–water partition coefficient (Wildman–Crippen LogP) is 6.64. The summed E-state index contributed by atoms with van der Waals surface area (Å²) < 4.78 is 24.3. The zero-order valence-corrected chi connectivity index (χ0v) is 17.1. The first kappa shape index (κ1) is 20.3. The lowest BCUT2D eigenvalue weighted by molar-refractivity contribution is 0.284. The summed E-state index contributed by atoms with van der Waals surface area (Å²) >= 11 is 12.6. The molecule has 3 rings (SSSR count). The average molecular weight is 420 g/mol. The maximum absolute atomic E-state index is 13.0. The molecular formula is C22H20Cl2FNO2. The minimum Gasteiger partial charge on any atom is -0.493 e. The third kappa shape index (κ3) is 5.09. The van der Waals surface area contributed by atoms with Crippen molar-refractivity contribution in [2.24, 2.45) is 0 Å². The topological polar surface area (TPSA) is 30.5 Å². The second kappa shape index (κ2) is 9.18. The Bertz CT molecular complexity index is 961. The summed E-state index contributed by atoms with van der Waals surface area (Å²) in [4.78, 5) is 0. The van der Waals surface area contributed by atoms with E-state index in [-0.39, 0.29) is 12.4 Å². The van der Waals surface area contributed by atoms with Crippen molar-refractivity contribution in [1.29, 1.82) is 0 Å². The zero-order chi connectivity index (χ0) is 20.1. The molecule has 146 valence electrons. The summed E-state index contributed by atoms with van der Waals surface area (Å²) in [6.45, 7) is 2.75. The number of anilines is 1. The van der Waals surface area contributed by atoms with Gasteiger partial charge in [0.15, 0.2) is 11.5 Å². The molecule has 0 heterocycles. The normalized spacial score (nSPS) is 10.6. The molecule has 0 radical (unpaired) electrons. The molecule has 0 spiro atoms. The van der Waals surface area contributed by atoms with Crippen LogP contribution in [0.2, 0.25) is 10.0 Å². The van der Waals surface area contributed by atoms with Gasteiger partial charge in [-0.05, 0) is 53.9 Å². The lowest BCUT2D eigenvalue weighted by Gasteiger charge is -2.15. The number of methoxy groups -OCH3 is 1. The summed E-state index contributed by atoms with van der Waals surface area (Å²) in [6.07, 6.45) is 0. The third-order valence-electron chi connectivity index (χ3n) is 4.30. The van der Waals surface area contributed by atoms with Crippen LogP contribution in [0, 0.1) is 12.7 Å². The highest BCUT2D eigenvalue weighted by molar-refractivity contribution is 6.32. The third-order valence-corrected chi connectivity index (χ3v) is 5.05. The molecule has 3 aromatic carbocycles. The van der Waals surface area contributed by atoms with E-state index in [4.69, 9.17) is 32.7 Å². The van der Waals surface area contributed by atoms with E-state index < -0.39 is 0 Å². The summed E-state index contributed by atoms with van der Waals surface area (Å²) in [5, 5.41) is 4.57. The van der Waals surface area contributed by atoms with E-state index in [2.05, 4.69) is 5.32 Å². The van der Waals surface area contributed by atoms with E-state index in [9.17, 15) is 4.39 Å². The number of aryl methyl sites for hydroxylation is 1. The highest BCUT2D eigenvalue weighted by Crippen LogP contribution is 2.34. The van der Waals surface area contributed by atoms with Crippen LogP contribution in [0.5, 0.6) is 11.5 Å². The van der Waals surface area contributed by atoms with Crippen molar-refractivity contribution in [1.82, 2.24) is 0 Å². The van der Waals surface area contributed by atoms with Gasteiger partial charge < -0.3 is 14.8 Å². The van der Waals surface area contributed by atoms with Gasteiger partial charge in [0, 0.05) is 28.3 Å². The molecule has 0 saturated heterocycles. The van der Waals surface area contributed by atoms with Gasteiger partial charge in [-0.15, -0.1) is 0 Å². The van der Waals surface area contributed by atoms with Gasteiger partial charge in [-0.25, -0.2) is 4.39 Å². The monoisotopic (exact) mass is 419 g/mol. The molecule has 1 N–H and O–H groups in total. The van der Waals surface area contributed by atoms with Crippen LogP contribution in [0.25, 0.3) is 0 Å². The summed E-state index contributed by atoms with van der Waals surface area (Å²) in [7, 11) is 1.57. The molecule has 0 aliphatic heterocycles. The molecule has 0 bridgehead atoms.